The molecule has 1 aromatic rings. The quantitative estimate of drug-likeness (QED) is 0.772. The van der Waals surface area contributed by atoms with Crippen molar-refractivity contribution in [2.45, 2.75) is 65.5 Å². The van der Waals surface area contributed by atoms with Crippen molar-refractivity contribution in [3.8, 4) is 0 Å². The molecule has 1 unspecified atom stereocenters. The maximum atomic E-state index is 12.2. The Morgan fingerprint density at radius 1 is 1.24 bits per heavy atom. The number of fused-ring (bicyclic) bond motifs is 1. The van der Waals surface area contributed by atoms with Crippen LogP contribution < -0.4 is 0 Å². The van der Waals surface area contributed by atoms with Crippen LogP contribution in [0.25, 0.3) is 0 Å². The van der Waals surface area contributed by atoms with E-state index < -0.39 is 5.60 Å². The standard InChI is InChI=1S/C20H29NO4/c1-6-24-18(22)11-14(2)15-7-8-17-13-21(10-9-16(17)12-15)19(23)25-20(3,4)5/h7-8,12,14H,6,9-11,13H2,1-5H3. The predicted molar refractivity (Wildman–Crippen MR) is 96.5 cm³/mol. The second-order valence-electron chi connectivity index (χ2n) is 7.59. The third kappa shape index (κ3) is 5.48. The molecule has 5 heteroatoms. The molecule has 1 atom stereocenters. The molecule has 0 N–H and O–H groups in total. The number of benzene rings is 1. The number of carbonyl (C=O) groups excluding carboxylic acids is 2. The summed E-state index contributed by atoms with van der Waals surface area (Å²) in [7, 11) is 0. The third-order valence-corrected chi connectivity index (χ3v) is 4.24. The minimum atomic E-state index is -0.482. The van der Waals surface area contributed by atoms with Gasteiger partial charge in [0.2, 0.25) is 0 Å². The maximum absolute atomic E-state index is 12.2. The molecule has 2 rings (SSSR count). The molecule has 0 spiro atoms. The van der Waals surface area contributed by atoms with Gasteiger partial charge in [-0.3, -0.25) is 4.79 Å². The van der Waals surface area contributed by atoms with Gasteiger partial charge in [-0.15, -0.1) is 0 Å². The van der Waals surface area contributed by atoms with E-state index >= 15 is 0 Å². The third-order valence-electron chi connectivity index (χ3n) is 4.24. The van der Waals surface area contributed by atoms with Gasteiger partial charge in [-0.2, -0.15) is 0 Å². The highest BCUT2D eigenvalue weighted by Gasteiger charge is 2.26. The van der Waals surface area contributed by atoms with E-state index in [1.807, 2.05) is 40.7 Å². The SMILES string of the molecule is CCOC(=O)CC(C)c1ccc2c(c1)CCN(C(=O)OC(C)(C)C)C2. The van der Waals surface area contributed by atoms with E-state index in [0.717, 1.165) is 17.5 Å². The van der Waals surface area contributed by atoms with E-state index in [0.29, 0.717) is 26.1 Å². The van der Waals surface area contributed by atoms with Gasteiger partial charge in [0, 0.05) is 13.1 Å². The molecular weight excluding hydrogens is 318 g/mol. The van der Waals surface area contributed by atoms with Gasteiger partial charge in [-0.25, -0.2) is 4.79 Å². The van der Waals surface area contributed by atoms with Crippen LogP contribution in [0.4, 0.5) is 4.79 Å². The van der Waals surface area contributed by atoms with Crippen molar-refractivity contribution in [3.05, 3.63) is 34.9 Å². The predicted octanol–water partition coefficient (Wildman–Crippen LogP) is 4.04. The molecule has 1 heterocycles. The molecule has 0 aromatic heterocycles. The average molecular weight is 347 g/mol. The van der Waals surface area contributed by atoms with Gasteiger partial charge in [0.1, 0.15) is 5.60 Å². The largest absolute Gasteiger partial charge is 0.466 e. The summed E-state index contributed by atoms with van der Waals surface area (Å²) in [5.74, 6) is -0.0444. The summed E-state index contributed by atoms with van der Waals surface area (Å²) >= 11 is 0. The van der Waals surface area contributed by atoms with E-state index in [2.05, 4.69) is 12.1 Å². The smallest absolute Gasteiger partial charge is 0.410 e. The van der Waals surface area contributed by atoms with Crippen molar-refractivity contribution >= 4 is 12.1 Å². The second kappa shape index (κ2) is 7.89. The lowest BCUT2D eigenvalue weighted by molar-refractivity contribution is -0.143. The van der Waals surface area contributed by atoms with Crippen LogP contribution in [0.15, 0.2) is 18.2 Å². The molecule has 0 aliphatic carbocycles. The van der Waals surface area contributed by atoms with Crippen LogP contribution in [0.1, 0.15) is 63.6 Å². The van der Waals surface area contributed by atoms with Crippen molar-refractivity contribution in [2.75, 3.05) is 13.2 Å². The van der Waals surface area contributed by atoms with Crippen LogP contribution in [0.5, 0.6) is 0 Å². The fourth-order valence-corrected chi connectivity index (χ4v) is 2.95. The van der Waals surface area contributed by atoms with Crippen LogP contribution in [-0.2, 0) is 27.2 Å². The molecule has 1 aromatic carbocycles. The molecular formula is C20H29NO4. The molecule has 25 heavy (non-hydrogen) atoms. The Kier molecular flexibility index (Phi) is 6.09. The number of hydrogen-bond donors (Lipinski definition) is 0. The molecule has 0 radical (unpaired) electrons. The summed E-state index contributed by atoms with van der Waals surface area (Å²) in [4.78, 5) is 25.6. The monoisotopic (exact) mass is 347 g/mol. The summed E-state index contributed by atoms with van der Waals surface area (Å²) in [5.41, 5.74) is 3.04. The first-order valence-electron chi connectivity index (χ1n) is 8.95. The van der Waals surface area contributed by atoms with Gasteiger partial charge < -0.3 is 14.4 Å². The van der Waals surface area contributed by atoms with Crippen molar-refractivity contribution in [1.82, 2.24) is 4.90 Å². The van der Waals surface area contributed by atoms with E-state index in [1.165, 1.54) is 5.56 Å². The van der Waals surface area contributed by atoms with Crippen molar-refractivity contribution in [3.63, 3.8) is 0 Å². The van der Waals surface area contributed by atoms with Gasteiger partial charge in [-0.05, 0) is 56.7 Å². The van der Waals surface area contributed by atoms with Crippen LogP contribution in [0.3, 0.4) is 0 Å². The number of rotatable bonds is 4. The average Bonchev–Trinajstić information content (AvgIpc) is 2.52. The lowest BCUT2D eigenvalue weighted by Gasteiger charge is -2.31. The highest BCUT2D eigenvalue weighted by Crippen LogP contribution is 2.27. The minimum absolute atomic E-state index is 0.119. The Balaban J connectivity index is 2.03. The fourth-order valence-electron chi connectivity index (χ4n) is 2.95. The lowest BCUT2D eigenvalue weighted by atomic mass is 9.91. The van der Waals surface area contributed by atoms with E-state index in [4.69, 9.17) is 9.47 Å². The zero-order valence-electron chi connectivity index (χ0n) is 15.9. The van der Waals surface area contributed by atoms with Gasteiger partial charge in [0.05, 0.1) is 13.0 Å². The minimum Gasteiger partial charge on any atom is -0.466 e. The van der Waals surface area contributed by atoms with Crippen LogP contribution >= 0.6 is 0 Å². The Hall–Kier alpha value is -2.04. The lowest BCUT2D eigenvalue weighted by Crippen LogP contribution is -2.39. The molecule has 0 saturated carbocycles. The molecule has 1 amide bonds. The van der Waals surface area contributed by atoms with Crippen LogP contribution in [0.2, 0.25) is 0 Å². The van der Waals surface area contributed by atoms with E-state index in [-0.39, 0.29) is 18.0 Å². The number of ether oxygens (including phenoxy) is 2. The fraction of sp³-hybridized carbons (Fsp3) is 0.600. The number of esters is 1. The molecule has 0 fully saturated rings. The Morgan fingerprint density at radius 3 is 2.60 bits per heavy atom. The molecule has 1 aliphatic rings. The first kappa shape index (κ1) is 19.3. The summed E-state index contributed by atoms with van der Waals surface area (Å²) in [6, 6.07) is 6.26. The topological polar surface area (TPSA) is 55.8 Å². The molecule has 0 saturated heterocycles. The summed E-state index contributed by atoms with van der Waals surface area (Å²) in [6.07, 6.45) is 0.920. The van der Waals surface area contributed by atoms with Gasteiger partial charge in [0.25, 0.3) is 0 Å². The van der Waals surface area contributed by atoms with Crippen molar-refractivity contribution < 1.29 is 19.1 Å². The van der Waals surface area contributed by atoms with Gasteiger partial charge in [0.15, 0.2) is 0 Å². The van der Waals surface area contributed by atoms with E-state index in [1.54, 1.807) is 4.90 Å². The first-order valence-corrected chi connectivity index (χ1v) is 8.95. The Labute approximate surface area is 150 Å². The highest BCUT2D eigenvalue weighted by molar-refractivity contribution is 5.70. The van der Waals surface area contributed by atoms with Crippen LogP contribution in [-0.4, -0.2) is 35.7 Å². The van der Waals surface area contributed by atoms with Crippen molar-refractivity contribution in [1.29, 1.82) is 0 Å². The summed E-state index contributed by atoms with van der Waals surface area (Å²) < 4.78 is 10.5. The molecule has 5 nitrogen and oxygen atoms in total. The normalized spacial score (nSPS) is 15.3. The molecule has 1 aliphatic heterocycles. The zero-order chi connectivity index (χ0) is 18.6. The number of hydrogen-bond acceptors (Lipinski definition) is 4. The van der Waals surface area contributed by atoms with Crippen molar-refractivity contribution in [2.24, 2.45) is 0 Å². The highest BCUT2D eigenvalue weighted by atomic mass is 16.6. The number of amides is 1. The molecule has 0 bridgehead atoms. The molecule has 138 valence electrons. The Morgan fingerprint density at radius 2 is 1.96 bits per heavy atom. The van der Waals surface area contributed by atoms with E-state index in [9.17, 15) is 9.59 Å². The van der Waals surface area contributed by atoms with Gasteiger partial charge in [-0.1, -0.05) is 25.1 Å². The van der Waals surface area contributed by atoms with Crippen LogP contribution in [0, 0.1) is 0 Å². The maximum Gasteiger partial charge on any atom is 0.410 e. The second-order valence-corrected chi connectivity index (χ2v) is 7.59. The zero-order valence-corrected chi connectivity index (χ0v) is 15.9. The number of nitrogens with zero attached hydrogens (tertiary/aromatic N) is 1. The Bertz CT molecular complexity index is 633. The number of carbonyl (C=O) groups is 2. The summed E-state index contributed by atoms with van der Waals surface area (Å²) in [5, 5.41) is 0. The summed E-state index contributed by atoms with van der Waals surface area (Å²) in [6.45, 7) is 11.1. The first-order chi connectivity index (χ1) is 11.7. The van der Waals surface area contributed by atoms with Gasteiger partial charge >= 0.3 is 12.1 Å².